The average Bonchev–Trinajstić information content (AvgIpc) is 3.13. The number of benzene rings is 1. The molecule has 0 saturated heterocycles. The van der Waals surface area contributed by atoms with Crippen molar-refractivity contribution in [2.45, 2.75) is 32.4 Å². The van der Waals surface area contributed by atoms with Gasteiger partial charge < -0.3 is 15.5 Å². The molecule has 2 atom stereocenters. The lowest BCUT2D eigenvalue weighted by Gasteiger charge is -2.27. The lowest BCUT2D eigenvalue weighted by molar-refractivity contribution is -0.122. The highest BCUT2D eigenvalue weighted by Crippen LogP contribution is 2.22. The molecule has 0 aliphatic heterocycles. The number of likely N-dealkylation sites (N-methyl/N-ethyl adjacent to an activating group) is 1. The molecule has 2 rings (SSSR count). The number of thiophene rings is 1. The zero-order valence-electron chi connectivity index (χ0n) is 14.9. The number of hydrogen-bond donors (Lipinski definition) is 2. The van der Waals surface area contributed by atoms with Gasteiger partial charge in [0.1, 0.15) is 0 Å². The van der Waals surface area contributed by atoms with Crippen LogP contribution < -0.4 is 15.5 Å². The van der Waals surface area contributed by atoms with Gasteiger partial charge in [0, 0.05) is 37.1 Å². The molecule has 134 valence electrons. The highest BCUT2D eigenvalue weighted by atomic mass is 32.1. The average molecular weight is 359 g/mol. The molecule has 0 radical (unpaired) electrons. The van der Waals surface area contributed by atoms with E-state index in [-0.39, 0.29) is 30.3 Å². The molecule has 0 aliphatic rings. The molecule has 0 spiro atoms. The number of nitrogens with zero attached hydrogens (tertiary/aromatic N) is 1. The summed E-state index contributed by atoms with van der Waals surface area (Å²) in [4.78, 5) is 26.8. The van der Waals surface area contributed by atoms with Gasteiger partial charge in [-0.2, -0.15) is 0 Å². The maximum absolute atomic E-state index is 12.3. The molecular weight excluding hydrogens is 334 g/mol. The molecule has 5 nitrogen and oxygen atoms in total. The van der Waals surface area contributed by atoms with E-state index in [0.29, 0.717) is 6.54 Å². The minimum atomic E-state index is -0.278. The van der Waals surface area contributed by atoms with Crippen LogP contribution >= 0.6 is 11.3 Å². The highest BCUT2D eigenvalue weighted by molar-refractivity contribution is 7.10. The fraction of sp³-hybridized carbons (Fsp3) is 0.368. The first-order chi connectivity index (χ1) is 12.0. The van der Waals surface area contributed by atoms with Gasteiger partial charge in [0.2, 0.25) is 11.8 Å². The van der Waals surface area contributed by atoms with Gasteiger partial charge in [-0.15, -0.1) is 11.3 Å². The van der Waals surface area contributed by atoms with E-state index in [1.165, 1.54) is 18.3 Å². The number of carbonyl (C=O) groups is 2. The minimum absolute atomic E-state index is 0.0690. The van der Waals surface area contributed by atoms with Crippen molar-refractivity contribution in [3.05, 3.63) is 52.7 Å². The molecule has 0 saturated carbocycles. The predicted molar refractivity (Wildman–Crippen MR) is 103 cm³/mol. The second-order valence-electron chi connectivity index (χ2n) is 6.07. The van der Waals surface area contributed by atoms with Crippen molar-refractivity contribution >= 4 is 28.8 Å². The molecular formula is C19H25N3O2S. The molecule has 0 bridgehead atoms. The second-order valence-corrected chi connectivity index (χ2v) is 7.05. The monoisotopic (exact) mass is 359 g/mol. The van der Waals surface area contributed by atoms with Crippen LogP contribution in [0.4, 0.5) is 5.69 Å². The van der Waals surface area contributed by atoms with Gasteiger partial charge in [0.15, 0.2) is 0 Å². The number of amides is 2. The third-order valence-corrected chi connectivity index (χ3v) is 5.06. The molecule has 2 N–H and O–H groups in total. The number of hydrogen-bond acceptors (Lipinski definition) is 4. The summed E-state index contributed by atoms with van der Waals surface area (Å²) in [6.07, 6.45) is 0.238. The number of para-hydroxylation sites is 1. The van der Waals surface area contributed by atoms with E-state index in [4.69, 9.17) is 0 Å². The SMILES string of the molecule is CC(=O)NC(CC(=O)NCC(C)N(C)c1ccccc1)c1cccs1. The van der Waals surface area contributed by atoms with Crippen LogP contribution in [0.5, 0.6) is 0 Å². The number of anilines is 1. The van der Waals surface area contributed by atoms with Crippen LogP contribution in [0, 0.1) is 0 Å². The van der Waals surface area contributed by atoms with Crippen molar-refractivity contribution in [1.82, 2.24) is 10.6 Å². The molecule has 2 amide bonds. The van der Waals surface area contributed by atoms with Crippen LogP contribution in [0.3, 0.4) is 0 Å². The van der Waals surface area contributed by atoms with Crippen LogP contribution in [0.25, 0.3) is 0 Å². The van der Waals surface area contributed by atoms with Crippen molar-refractivity contribution in [1.29, 1.82) is 0 Å². The van der Waals surface area contributed by atoms with Crippen molar-refractivity contribution in [2.24, 2.45) is 0 Å². The quantitative estimate of drug-likeness (QED) is 0.762. The lowest BCUT2D eigenvalue weighted by Crippen LogP contribution is -2.41. The van der Waals surface area contributed by atoms with Crippen LogP contribution in [-0.2, 0) is 9.59 Å². The van der Waals surface area contributed by atoms with E-state index in [1.807, 2.05) is 54.9 Å². The smallest absolute Gasteiger partial charge is 0.222 e. The molecule has 1 heterocycles. The standard InChI is InChI=1S/C19H25N3O2S/c1-14(22(3)16-8-5-4-6-9-16)13-20-19(24)12-17(21-15(2)23)18-10-7-11-25-18/h4-11,14,17H,12-13H2,1-3H3,(H,20,24)(H,21,23). The maximum Gasteiger partial charge on any atom is 0.222 e. The summed E-state index contributed by atoms with van der Waals surface area (Å²) in [6, 6.07) is 13.8. The van der Waals surface area contributed by atoms with Crippen molar-refractivity contribution < 1.29 is 9.59 Å². The molecule has 2 unspecified atom stereocenters. The molecule has 0 fully saturated rings. The molecule has 1 aromatic heterocycles. The summed E-state index contributed by atoms with van der Waals surface area (Å²) < 4.78 is 0. The zero-order chi connectivity index (χ0) is 18.2. The predicted octanol–water partition coefficient (Wildman–Crippen LogP) is 2.96. The van der Waals surface area contributed by atoms with Crippen LogP contribution in [0.15, 0.2) is 47.8 Å². The largest absolute Gasteiger partial charge is 0.370 e. The third-order valence-electron chi connectivity index (χ3n) is 4.07. The fourth-order valence-electron chi connectivity index (χ4n) is 2.53. The van der Waals surface area contributed by atoms with Gasteiger partial charge in [-0.25, -0.2) is 0 Å². The normalized spacial score (nSPS) is 12.9. The summed E-state index contributed by atoms with van der Waals surface area (Å²) in [5.74, 6) is -0.205. The van der Waals surface area contributed by atoms with Gasteiger partial charge in [-0.3, -0.25) is 9.59 Å². The van der Waals surface area contributed by atoms with Gasteiger partial charge in [-0.1, -0.05) is 24.3 Å². The van der Waals surface area contributed by atoms with Crippen LogP contribution in [0.2, 0.25) is 0 Å². The highest BCUT2D eigenvalue weighted by Gasteiger charge is 2.19. The van der Waals surface area contributed by atoms with E-state index in [0.717, 1.165) is 10.6 Å². The zero-order valence-corrected chi connectivity index (χ0v) is 15.7. The first-order valence-electron chi connectivity index (χ1n) is 8.32. The Morgan fingerprint density at radius 2 is 1.88 bits per heavy atom. The van der Waals surface area contributed by atoms with Gasteiger partial charge in [-0.05, 0) is 30.5 Å². The number of rotatable bonds is 8. The topological polar surface area (TPSA) is 61.4 Å². The van der Waals surface area contributed by atoms with E-state index in [9.17, 15) is 9.59 Å². The maximum atomic E-state index is 12.3. The van der Waals surface area contributed by atoms with Crippen LogP contribution in [0.1, 0.15) is 31.2 Å². The third kappa shape index (κ3) is 5.90. The Morgan fingerprint density at radius 1 is 1.16 bits per heavy atom. The Labute approximate surface area is 153 Å². The summed E-state index contributed by atoms with van der Waals surface area (Å²) in [5.41, 5.74) is 1.11. The van der Waals surface area contributed by atoms with E-state index >= 15 is 0 Å². The van der Waals surface area contributed by atoms with Crippen molar-refractivity contribution in [2.75, 3.05) is 18.5 Å². The molecule has 25 heavy (non-hydrogen) atoms. The number of nitrogens with one attached hydrogen (secondary N) is 2. The Bertz CT molecular complexity index is 673. The van der Waals surface area contributed by atoms with Crippen molar-refractivity contribution in [3.63, 3.8) is 0 Å². The van der Waals surface area contributed by atoms with Gasteiger partial charge in [0.05, 0.1) is 12.5 Å². The number of carbonyl (C=O) groups excluding carboxylic acids is 2. The molecule has 6 heteroatoms. The molecule has 2 aromatic rings. The van der Waals surface area contributed by atoms with Crippen LogP contribution in [-0.4, -0.2) is 31.4 Å². The summed E-state index contributed by atoms with van der Waals surface area (Å²) in [7, 11) is 2.01. The Hall–Kier alpha value is -2.34. The van der Waals surface area contributed by atoms with Gasteiger partial charge in [0.25, 0.3) is 0 Å². The summed E-state index contributed by atoms with van der Waals surface area (Å²) >= 11 is 1.54. The molecule has 1 aromatic carbocycles. The Balaban J connectivity index is 1.87. The lowest BCUT2D eigenvalue weighted by atomic mass is 10.1. The van der Waals surface area contributed by atoms with Gasteiger partial charge >= 0.3 is 0 Å². The first kappa shape index (κ1) is 19.0. The minimum Gasteiger partial charge on any atom is -0.370 e. The fourth-order valence-corrected chi connectivity index (χ4v) is 3.31. The second kappa shape index (κ2) is 9.22. The Kier molecular flexibility index (Phi) is 7.01. The summed E-state index contributed by atoms with van der Waals surface area (Å²) in [6.45, 7) is 4.08. The Morgan fingerprint density at radius 3 is 2.48 bits per heavy atom. The molecule has 0 aliphatic carbocycles. The van der Waals surface area contributed by atoms with E-state index in [2.05, 4.69) is 22.5 Å². The van der Waals surface area contributed by atoms with Crippen molar-refractivity contribution in [3.8, 4) is 0 Å². The first-order valence-corrected chi connectivity index (χ1v) is 9.20. The summed E-state index contributed by atoms with van der Waals surface area (Å²) in [5, 5.41) is 7.76. The van der Waals surface area contributed by atoms with E-state index < -0.39 is 0 Å². The van der Waals surface area contributed by atoms with E-state index in [1.54, 1.807) is 0 Å².